The fourth-order valence-electron chi connectivity index (χ4n) is 4.97. The lowest BCUT2D eigenvalue weighted by Crippen LogP contribution is -2.29. The van der Waals surface area contributed by atoms with Gasteiger partial charge in [-0.3, -0.25) is 14.5 Å². The summed E-state index contributed by atoms with van der Waals surface area (Å²) in [4.78, 5) is 33.1. The molecule has 0 saturated carbocycles. The van der Waals surface area contributed by atoms with E-state index in [9.17, 15) is 14.7 Å². The van der Waals surface area contributed by atoms with E-state index in [1.807, 2.05) is 62.4 Å². The summed E-state index contributed by atoms with van der Waals surface area (Å²) >= 11 is 4.75. The van der Waals surface area contributed by atoms with Crippen molar-refractivity contribution in [1.82, 2.24) is 4.98 Å². The number of aliphatic hydroxyl groups is 1. The average molecular weight is 591 g/mol. The third-order valence-electron chi connectivity index (χ3n) is 6.67. The fourth-order valence-corrected chi connectivity index (χ4v) is 6.25. The van der Waals surface area contributed by atoms with Crippen molar-refractivity contribution in [2.45, 2.75) is 32.4 Å². The maximum atomic E-state index is 13.5. The number of hydrogen-bond acceptors (Lipinski definition) is 7. The molecule has 38 heavy (non-hydrogen) atoms. The summed E-state index contributed by atoms with van der Waals surface area (Å²) in [6.45, 7) is 4.42. The summed E-state index contributed by atoms with van der Waals surface area (Å²) < 4.78 is 13.1. The number of rotatable bonds is 5. The molecule has 0 aliphatic carbocycles. The fraction of sp³-hybridized carbons (Fsp3) is 0.207. The lowest BCUT2D eigenvalue weighted by molar-refractivity contribution is -0.132. The second-order valence-corrected chi connectivity index (χ2v) is 11.2. The predicted octanol–water partition coefficient (Wildman–Crippen LogP) is 6.41. The number of Topliss-reactive ketones (excluding diaryl/α,β-unsaturated/α-hetero) is 1. The Morgan fingerprint density at radius 1 is 1.16 bits per heavy atom. The number of nitrogens with zero attached hydrogens (tertiary/aromatic N) is 2. The number of aliphatic hydroxyl groups excluding tert-OH is 1. The number of fused-ring (bicyclic) bond motifs is 2. The van der Waals surface area contributed by atoms with Crippen molar-refractivity contribution < 1.29 is 24.2 Å². The first-order valence-electron chi connectivity index (χ1n) is 12.2. The van der Waals surface area contributed by atoms with Gasteiger partial charge in [-0.1, -0.05) is 39.4 Å². The molecule has 0 radical (unpaired) electrons. The molecule has 1 amide bonds. The van der Waals surface area contributed by atoms with Gasteiger partial charge in [-0.05, 0) is 73.5 Å². The Morgan fingerprint density at radius 2 is 1.95 bits per heavy atom. The quantitative estimate of drug-likeness (QED) is 0.164. The summed E-state index contributed by atoms with van der Waals surface area (Å²) in [6.07, 6.45) is 0.745. The molecule has 2 atom stereocenters. The summed E-state index contributed by atoms with van der Waals surface area (Å²) in [5.41, 5.74) is 2.82. The molecule has 0 spiro atoms. The zero-order valence-electron chi connectivity index (χ0n) is 20.6. The van der Waals surface area contributed by atoms with Crippen LogP contribution in [0, 0.1) is 0 Å². The molecule has 1 saturated heterocycles. The van der Waals surface area contributed by atoms with Crippen molar-refractivity contribution in [1.29, 1.82) is 0 Å². The molecule has 2 aliphatic heterocycles. The van der Waals surface area contributed by atoms with Crippen molar-refractivity contribution in [3.63, 3.8) is 0 Å². The van der Waals surface area contributed by atoms with Crippen LogP contribution in [0.3, 0.4) is 0 Å². The van der Waals surface area contributed by atoms with Gasteiger partial charge in [0.05, 0.1) is 28.4 Å². The molecule has 9 heteroatoms. The number of carbonyl (C=O) groups is 2. The number of aromatic nitrogens is 1. The van der Waals surface area contributed by atoms with E-state index >= 15 is 0 Å². The van der Waals surface area contributed by atoms with Crippen molar-refractivity contribution in [3.8, 4) is 11.5 Å². The van der Waals surface area contributed by atoms with E-state index in [1.54, 1.807) is 12.1 Å². The molecule has 0 bridgehead atoms. The van der Waals surface area contributed by atoms with E-state index in [2.05, 4.69) is 20.9 Å². The number of ether oxygens (including phenoxy) is 2. The van der Waals surface area contributed by atoms with Crippen molar-refractivity contribution in [3.05, 3.63) is 87.4 Å². The van der Waals surface area contributed by atoms with Crippen LogP contribution in [0.4, 0.5) is 5.13 Å². The maximum absolute atomic E-state index is 13.5. The highest BCUT2D eigenvalue weighted by Crippen LogP contribution is 2.45. The SMILES string of the molecule is CCOc1ccc2nc(N3C(=O)C(=O)C(=C(O)c4ccc5c(c4)C[C@@H](C)O5)[C@H]3c3ccc(Br)cc3)sc2c1. The van der Waals surface area contributed by atoms with Crippen molar-refractivity contribution in [2.24, 2.45) is 0 Å². The lowest BCUT2D eigenvalue weighted by Gasteiger charge is -2.23. The second-order valence-electron chi connectivity index (χ2n) is 9.23. The minimum absolute atomic E-state index is 0.0264. The van der Waals surface area contributed by atoms with Crippen molar-refractivity contribution >= 4 is 60.1 Å². The minimum Gasteiger partial charge on any atom is -0.507 e. The third kappa shape index (κ3) is 4.16. The van der Waals surface area contributed by atoms with Crippen molar-refractivity contribution in [2.75, 3.05) is 11.5 Å². The summed E-state index contributed by atoms with van der Waals surface area (Å²) in [5.74, 6) is -0.242. The van der Waals surface area contributed by atoms with Crippen LogP contribution in [-0.2, 0) is 16.0 Å². The number of carbonyl (C=O) groups excluding carboxylic acids is 2. The van der Waals surface area contributed by atoms with E-state index in [0.29, 0.717) is 40.6 Å². The van der Waals surface area contributed by atoms with E-state index in [0.717, 1.165) is 20.5 Å². The minimum atomic E-state index is -0.849. The Labute approximate surface area is 231 Å². The van der Waals surface area contributed by atoms with Gasteiger partial charge in [-0.15, -0.1) is 0 Å². The van der Waals surface area contributed by atoms with E-state index < -0.39 is 17.7 Å². The van der Waals surface area contributed by atoms with Crippen LogP contribution in [0.25, 0.3) is 16.0 Å². The van der Waals surface area contributed by atoms with Crippen LogP contribution in [-0.4, -0.2) is 34.5 Å². The van der Waals surface area contributed by atoms with Crippen LogP contribution in [0.15, 0.2) is 70.7 Å². The largest absolute Gasteiger partial charge is 0.507 e. The van der Waals surface area contributed by atoms with Gasteiger partial charge in [-0.2, -0.15) is 0 Å². The van der Waals surface area contributed by atoms with Crippen LogP contribution < -0.4 is 14.4 Å². The highest BCUT2D eigenvalue weighted by atomic mass is 79.9. The molecule has 1 aromatic heterocycles. The molecule has 0 unspecified atom stereocenters. The Bertz CT molecular complexity index is 1630. The van der Waals surface area contributed by atoms with Crippen LogP contribution in [0.2, 0.25) is 0 Å². The molecule has 3 aromatic carbocycles. The zero-order chi connectivity index (χ0) is 26.6. The molecule has 3 heterocycles. The number of anilines is 1. The van der Waals surface area contributed by atoms with Gasteiger partial charge in [-0.25, -0.2) is 4.98 Å². The number of thiazole rings is 1. The highest BCUT2D eigenvalue weighted by Gasteiger charge is 2.48. The smallest absolute Gasteiger partial charge is 0.301 e. The summed E-state index contributed by atoms with van der Waals surface area (Å²) in [6, 6.07) is 17.4. The standard InChI is InChI=1S/C29H23BrN2O5S/c1-3-36-20-9-10-21-23(14-20)38-29(31-21)32-25(16-4-7-19(30)8-5-16)24(27(34)28(32)35)26(33)17-6-11-22-18(13-17)12-15(2)37-22/h4-11,13-15,25,33H,3,12H2,1-2H3/t15-,25-/m1/s1. The first-order valence-corrected chi connectivity index (χ1v) is 13.8. The van der Waals surface area contributed by atoms with Gasteiger partial charge in [0.15, 0.2) is 5.13 Å². The molecule has 7 nitrogen and oxygen atoms in total. The van der Waals surface area contributed by atoms with Gasteiger partial charge < -0.3 is 14.6 Å². The topological polar surface area (TPSA) is 89.0 Å². The van der Waals surface area contributed by atoms with Gasteiger partial charge in [0, 0.05) is 16.5 Å². The van der Waals surface area contributed by atoms with Crippen LogP contribution >= 0.6 is 27.3 Å². The molecular weight excluding hydrogens is 568 g/mol. The zero-order valence-corrected chi connectivity index (χ0v) is 23.0. The van der Waals surface area contributed by atoms with E-state index in [-0.39, 0.29) is 17.4 Å². The third-order valence-corrected chi connectivity index (χ3v) is 8.21. The highest BCUT2D eigenvalue weighted by molar-refractivity contribution is 9.10. The molecule has 6 rings (SSSR count). The lowest BCUT2D eigenvalue weighted by atomic mass is 9.94. The Kier molecular flexibility index (Phi) is 6.20. The number of halogens is 1. The van der Waals surface area contributed by atoms with Gasteiger partial charge in [0.2, 0.25) is 0 Å². The van der Waals surface area contributed by atoms with Crippen LogP contribution in [0.1, 0.15) is 36.6 Å². The monoisotopic (exact) mass is 590 g/mol. The second kappa shape index (κ2) is 9.56. The van der Waals surface area contributed by atoms with Crippen LogP contribution in [0.5, 0.6) is 11.5 Å². The number of hydrogen-bond donors (Lipinski definition) is 1. The van der Waals surface area contributed by atoms with E-state index in [4.69, 9.17) is 9.47 Å². The average Bonchev–Trinajstić information content (AvgIpc) is 3.56. The molecular formula is C29H23BrN2O5S. The normalized spacial score (nSPS) is 20.1. The molecule has 1 fully saturated rings. The molecule has 2 aliphatic rings. The Morgan fingerprint density at radius 3 is 2.71 bits per heavy atom. The first-order chi connectivity index (χ1) is 18.3. The summed E-state index contributed by atoms with van der Waals surface area (Å²) in [7, 11) is 0. The Balaban J connectivity index is 1.50. The number of benzene rings is 3. The number of amides is 1. The molecule has 192 valence electrons. The van der Waals surface area contributed by atoms with Gasteiger partial charge >= 0.3 is 5.91 Å². The summed E-state index contributed by atoms with van der Waals surface area (Å²) in [5, 5.41) is 11.9. The Hall–Kier alpha value is -3.69. The van der Waals surface area contributed by atoms with Gasteiger partial charge in [0.1, 0.15) is 23.4 Å². The molecule has 1 N–H and O–H groups in total. The van der Waals surface area contributed by atoms with Gasteiger partial charge in [0.25, 0.3) is 5.78 Å². The van der Waals surface area contributed by atoms with E-state index in [1.165, 1.54) is 16.2 Å². The first kappa shape index (κ1) is 24.6. The predicted molar refractivity (Wildman–Crippen MR) is 150 cm³/mol. The molecule has 4 aromatic rings. The maximum Gasteiger partial charge on any atom is 0.301 e. The number of ketones is 1.